The van der Waals surface area contributed by atoms with Crippen LogP contribution >= 0.6 is 0 Å². The normalized spacial score (nSPS) is 14.6. The lowest BCUT2D eigenvalue weighted by molar-refractivity contribution is 0.0629. The van der Waals surface area contributed by atoms with Crippen molar-refractivity contribution in [2.75, 3.05) is 33.3 Å². The molecule has 1 amide bonds. The fourth-order valence-corrected chi connectivity index (χ4v) is 3.61. The molecule has 1 saturated heterocycles. The minimum Gasteiger partial charge on any atom is -0.497 e. The molecule has 0 saturated carbocycles. The topological polar surface area (TPSA) is 58.6 Å². The summed E-state index contributed by atoms with van der Waals surface area (Å²) in [5, 5.41) is 0. The molecule has 29 heavy (non-hydrogen) atoms. The molecule has 0 aliphatic carbocycles. The Balaban J connectivity index is 1.41. The van der Waals surface area contributed by atoms with Crippen molar-refractivity contribution < 1.29 is 9.53 Å². The van der Waals surface area contributed by atoms with Gasteiger partial charge >= 0.3 is 0 Å². The van der Waals surface area contributed by atoms with Crippen LogP contribution in [0.5, 0.6) is 5.75 Å². The van der Waals surface area contributed by atoms with Crippen molar-refractivity contribution in [1.29, 1.82) is 0 Å². The van der Waals surface area contributed by atoms with E-state index >= 15 is 0 Å². The van der Waals surface area contributed by atoms with Crippen LogP contribution in [-0.4, -0.2) is 59.0 Å². The number of carbonyl (C=O) groups excluding carboxylic acids is 1. The van der Waals surface area contributed by atoms with Crippen LogP contribution in [0.3, 0.4) is 0 Å². The third kappa shape index (κ3) is 4.43. The second-order valence-electron chi connectivity index (χ2n) is 7.06. The van der Waals surface area contributed by atoms with Crippen LogP contribution in [0.25, 0.3) is 11.3 Å². The van der Waals surface area contributed by atoms with Gasteiger partial charge in [-0.3, -0.25) is 9.69 Å². The van der Waals surface area contributed by atoms with Crippen LogP contribution in [0.2, 0.25) is 0 Å². The summed E-state index contributed by atoms with van der Waals surface area (Å²) >= 11 is 0. The van der Waals surface area contributed by atoms with Gasteiger partial charge in [0, 0.05) is 50.0 Å². The molecular formula is C23H24N4O2. The monoisotopic (exact) mass is 388 g/mol. The fraction of sp³-hybridized carbons (Fsp3) is 0.261. The third-order valence-corrected chi connectivity index (χ3v) is 5.24. The van der Waals surface area contributed by atoms with Crippen molar-refractivity contribution >= 4 is 5.91 Å². The first-order valence-electron chi connectivity index (χ1n) is 9.74. The Morgan fingerprint density at radius 1 is 1.00 bits per heavy atom. The first-order chi connectivity index (χ1) is 14.2. The predicted octanol–water partition coefficient (Wildman–Crippen LogP) is 3.11. The van der Waals surface area contributed by atoms with Gasteiger partial charge in [-0.05, 0) is 29.8 Å². The van der Waals surface area contributed by atoms with Crippen molar-refractivity contribution in [3.8, 4) is 17.0 Å². The van der Waals surface area contributed by atoms with Gasteiger partial charge in [0.25, 0.3) is 5.91 Å². The molecule has 1 aliphatic heterocycles. The second kappa shape index (κ2) is 8.84. The number of aromatic nitrogens is 2. The van der Waals surface area contributed by atoms with Crippen molar-refractivity contribution in [1.82, 2.24) is 19.8 Å². The van der Waals surface area contributed by atoms with E-state index in [2.05, 4.69) is 27.0 Å². The number of hydrogen-bond acceptors (Lipinski definition) is 5. The highest BCUT2D eigenvalue weighted by Gasteiger charge is 2.24. The molecule has 1 aliphatic rings. The Morgan fingerprint density at radius 3 is 2.45 bits per heavy atom. The summed E-state index contributed by atoms with van der Waals surface area (Å²) in [6.07, 6.45) is 3.20. The lowest BCUT2D eigenvalue weighted by Crippen LogP contribution is -2.48. The maximum absolute atomic E-state index is 13.2. The summed E-state index contributed by atoms with van der Waals surface area (Å²) in [5.74, 6) is 0.926. The van der Waals surface area contributed by atoms with E-state index < -0.39 is 0 Å². The minimum atomic E-state index is 0.0586. The van der Waals surface area contributed by atoms with Crippen LogP contribution < -0.4 is 4.74 Å². The molecule has 6 nitrogen and oxygen atoms in total. The Hall–Kier alpha value is -3.25. The maximum atomic E-state index is 13.2. The van der Waals surface area contributed by atoms with Gasteiger partial charge in [-0.15, -0.1) is 0 Å². The second-order valence-corrected chi connectivity index (χ2v) is 7.06. The molecule has 1 fully saturated rings. The van der Waals surface area contributed by atoms with Crippen LogP contribution in [0.15, 0.2) is 67.1 Å². The zero-order chi connectivity index (χ0) is 20.1. The Labute approximate surface area is 170 Å². The molecule has 2 heterocycles. The SMILES string of the molecule is COc1ccc(CN2CCN(C(=O)c3ccccc3-c3ccncn3)CC2)cc1. The Kier molecular flexibility index (Phi) is 5.81. The van der Waals surface area contributed by atoms with E-state index in [0.717, 1.165) is 36.6 Å². The largest absolute Gasteiger partial charge is 0.497 e. The zero-order valence-corrected chi connectivity index (χ0v) is 16.5. The third-order valence-electron chi connectivity index (χ3n) is 5.24. The van der Waals surface area contributed by atoms with E-state index in [9.17, 15) is 4.79 Å². The first-order valence-corrected chi connectivity index (χ1v) is 9.74. The summed E-state index contributed by atoms with van der Waals surface area (Å²) in [5.41, 5.74) is 3.55. The van der Waals surface area contributed by atoms with Gasteiger partial charge < -0.3 is 9.64 Å². The lowest BCUT2D eigenvalue weighted by atomic mass is 10.0. The molecule has 4 rings (SSSR count). The number of piperazine rings is 1. The average molecular weight is 388 g/mol. The highest BCUT2D eigenvalue weighted by atomic mass is 16.5. The van der Waals surface area contributed by atoms with Crippen LogP contribution in [0.1, 0.15) is 15.9 Å². The number of benzene rings is 2. The van der Waals surface area contributed by atoms with Gasteiger partial charge in [-0.2, -0.15) is 0 Å². The van der Waals surface area contributed by atoms with E-state index in [1.165, 1.54) is 11.9 Å². The average Bonchev–Trinajstić information content (AvgIpc) is 2.80. The van der Waals surface area contributed by atoms with Gasteiger partial charge in [-0.25, -0.2) is 9.97 Å². The van der Waals surface area contributed by atoms with Crippen LogP contribution in [0.4, 0.5) is 0 Å². The summed E-state index contributed by atoms with van der Waals surface area (Å²) in [6, 6.07) is 17.6. The molecule has 0 radical (unpaired) electrons. The molecule has 148 valence electrons. The van der Waals surface area contributed by atoms with E-state index in [4.69, 9.17) is 4.74 Å². The van der Waals surface area contributed by atoms with Gasteiger partial charge in [0.1, 0.15) is 12.1 Å². The number of ether oxygens (including phenoxy) is 1. The van der Waals surface area contributed by atoms with Gasteiger partial charge in [0.2, 0.25) is 0 Å². The number of nitrogens with zero attached hydrogens (tertiary/aromatic N) is 4. The molecule has 0 unspecified atom stereocenters. The number of rotatable bonds is 5. The molecule has 6 heteroatoms. The van der Waals surface area contributed by atoms with Gasteiger partial charge in [0.05, 0.1) is 12.8 Å². The highest BCUT2D eigenvalue weighted by molar-refractivity contribution is 6.00. The molecule has 0 spiro atoms. The maximum Gasteiger partial charge on any atom is 0.254 e. The quantitative estimate of drug-likeness (QED) is 0.672. The number of amides is 1. The van der Waals surface area contributed by atoms with Crippen molar-refractivity contribution in [3.05, 3.63) is 78.2 Å². The van der Waals surface area contributed by atoms with Crippen LogP contribution in [-0.2, 0) is 6.54 Å². The number of hydrogen-bond donors (Lipinski definition) is 0. The lowest BCUT2D eigenvalue weighted by Gasteiger charge is -2.35. The fourth-order valence-electron chi connectivity index (χ4n) is 3.61. The zero-order valence-electron chi connectivity index (χ0n) is 16.5. The summed E-state index contributed by atoms with van der Waals surface area (Å²) in [7, 11) is 1.67. The van der Waals surface area contributed by atoms with Crippen molar-refractivity contribution in [2.45, 2.75) is 6.54 Å². The minimum absolute atomic E-state index is 0.0586. The first kappa shape index (κ1) is 19.1. The molecule has 2 aromatic carbocycles. The van der Waals surface area contributed by atoms with Crippen molar-refractivity contribution in [3.63, 3.8) is 0 Å². The highest BCUT2D eigenvalue weighted by Crippen LogP contribution is 2.23. The standard InChI is InChI=1S/C23H24N4O2/c1-29-19-8-6-18(7-9-19)16-26-12-14-27(15-13-26)23(28)21-5-3-2-4-20(21)22-10-11-24-17-25-22/h2-11,17H,12-16H2,1H3. The molecule has 0 bridgehead atoms. The molecule has 0 atom stereocenters. The molecule has 0 N–H and O–H groups in total. The Bertz CT molecular complexity index is 952. The van der Waals surface area contributed by atoms with Gasteiger partial charge in [0.15, 0.2) is 0 Å². The van der Waals surface area contributed by atoms with E-state index in [0.29, 0.717) is 18.7 Å². The molecule has 3 aromatic rings. The van der Waals surface area contributed by atoms with Crippen LogP contribution in [0, 0.1) is 0 Å². The number of methoxy groups -OCH3 is 1. The summed E-state index contributed by atoms with van der Waals surface area (Å²) < 4.78 is 5.22. The van der Waals surface area contributed by atoms with E-state index in [-0.39, 0.29) is 5.91 Å². The Morgan fingerprint density at radius 2 is 1.76 bits per heavy atom. The summed E-state index contributed by atoms with van der Waals surface area (Å²) in [6.45, 7) is 4.02. The van der Waals surface area contributed by atoms with Crippen molar-refractivity contribution in [2.24, 2.45) is 0 Å². The smallest absolute Gasteiger partial charge is 0.254 e. The predicted molar refractivity (Wildman–Crippen MR) is 112 cm³/mol. The molecular weight excluding hydrogens is 364 g/mol. The van der Waals surface area contributed by atoms with Gasteiger partial charge in [-0.1, -0.05) is 30.3 Å². The van der Waals surface area contributed by atoms with E-state index in [1.807, 2.05) is 47.4 Å². The summed E-state index contributed by atoms with van der Waals surface area (Å²) in [4.78, 5) is 25.8. The van der Waals surface area contributed by atoms with E-state index in [1.54, 1.807) is 13.3 Å². The molecule has 1 aromatic heterocycles. The number of carbonyl (C=O) groups is 1.